The third kappa shape index (κ3) is 2.80. The minimum atomic E-state index is -1.03. The molecule has 0 spiro atoms. The number of nitrogens with one attached hydrogen (secondary N) is 1. The Bertz CT molecular complexity index is 588. The standard InChI is InChI=1S/C17H21NO3/c1-9-3-4-10(2)14(17(20)21)13(9)16(19)18-15(11-5-6-11)12-7-8-12/h3-4,11-12,15H,5-8H2,1-2H3,(H,18,19)(H,20,21). The minimum absolute atomic E-state index is 0.137. The molecule has 2 aliphatic rings. The Morgan fingerprint density at radius 2 is 1.52 bits per heavy atom. The fourth-order valence-electron chi connectivity index (χ4n) is 3.13. The highest BCUT2D eigenvalue weighted by atomic mass is 16.4. The Labute approximate surface area is 124 Å². The van der Waals surface area contributed by atoms with Gasteiger partial charge < -0.3 is 10.4 Å². The maximum absolute atomic E-state index is 12.6. The van der Waals surface area contributed by atoms with Crippen LogP contribution in [0.15, 0.2) is 12.1 Å². The first-order valence-corrected chi connectivity index (χ1v) is 7.63. The van der Waals surface area contributed by atoms with E-state index in [9.17, 15) is 14.7 Å². The van der Waals surface area contributed by atoms with Gasteiger partial charge in [-0.2, -0.15) is 0 Å². The largest absolute Gasteiger partial charge is 0.478 e. The Kier molecular flexibility index (Phi) is 3.47. The summed E-state index contributed by atoms with van der Waals surface area (Å²) in [4.78, 5) is 24.1. The Hall–Kier alpha value is -1.84. The van der Waals surface area contributed by atoms with Crippen LogP contribution >= 0.6 is 0 Å². The number of carboxylic acids is 1. The van der Waals surface area contributed by atoms with Gasteiger partial charge in [0.2, 0.25) is 0 Å². The predicted molar refractivity (Wildman–Crippen MR) is 79.6 cm³/mol. The predicted octanol–water partition coefficient (Wildman–Crippen LogP) is 2.92. The van der Waals surface area contributed by atoms with Gasteiger partial charge in [-0.3, -0.25) is 4.79 Å². The molecule has 0 unspecified atom stereocenters. The second kappa shape index (κ2) is 5.17. The second-order valence-corrected chi connectivity index (χ2v) is 6.43. The zero-order valence-electron chi connectivity index (χ0n) is 12.5. The summed E-state index contributed by atoms with van der Waals surface area (Å²) in [7, 11) is 0. The van der Waals surface area contributed by atoms with Gasteiger partial charge in [0.15, 0.2) is 0 Å². The molecule has 1 aromatic rings. The van der Waals surface area contributed by atoms with Gasteiger partial charge in [0.25, 0.3) is 5.91 Å². The molecular weight excluding hydrogens is 266 g/mol. The van der Waals surface area contributed by atoms with Crippen molar-refractivity contribution in [2.75, 3.05) is 0 Å². The smallest absolute Gasteiger partial charge is 0.336 e. The molecule has 2 aliphatic carbocycles. The van der Waals surface area contributed by atoms with Crippen LogP contribution in [0.3, 0.4) is 0 Å². The molecule has 2 saturated carbocycles. The lowest BCUT2D eigenvalue weighted by molar-refractivity contribution is 0.0689. The van der Waals surface area contributed by atoms with Gasteiger partial charge in [-0.1, -0.05) is 12.1 Å². The van der Waals surface area contributed by atoms with Crippen LogP contribution in [0, 0.1) is 25.7 Å². The molecule has 1 aromatic carbocycles. The molecule has 4 nitrogen and oxygen atoms in total. The van der Waals surface area contributed by atoms with Crippen molar-refractivity contribution < 1.29 is 14.7 Å². The maximum atomic E-state index is 12.6. The quantitative estimate of drug-likeness (QED) is 0.875. The molecule has 0 aliphatic heterocycles. The zero-order valence-corrected chi connectivity index (χ0v) is 12.5. The number of rotatable bonds is 5. The number of aromatic carboxylic acids is 1. The average Bonchev–Trinajstić information content (AvgIpc) is 3.29. The third-order valence-corrected chi connectivity index (χ3v) is 4.62. The third-order valence-electron chi connectivity index (χ3n) is 4.62. The SMILES string of the molecule is Cc1ccc(C)c(C(=O)NC(C2CC2)C2CC2)c1C(=O)O. The first kappa shape index (κ1) is 14.1. The van der Waals surface area contributed by atoms with Gasteiger partial charge in [-0.15, -0.1) is 0 Å². The Morgan fingerprint density at radius 1 is 1.05 bits per heavy atom. The number of hydrogen-bond donors (Lipinski definition) is 2. The van der Waals surface area contributed by atoms with E-state index in [-0.39, 0.29) is 17.5 Å². The number of carbonyl (C=O) groups is 2. The molecule has 0 heterocycles. The van der Waals surface area contributed by atoms with Crippen LogP contribution in [0.4, 0.5) is 0 Å². The fraction of sp³-hybridized carbons (Fsp3) is 0.529. The molecule has 3 rings (SSSR count). The summed E-state index contributed by atoms with van der Waals surface area (Å²) >= 11 is 0. The van der Waals surface area contributed by atoms with Gasteiger partial charge >= 0.3 is 5.97 Å². The molecule has 2 N–H and O–H groups in total. The molecule has 0 aromatic heterocycles. The lowest BCUT2D eigenvalue weighted by atomic mass is 9.96. The topological polar surface area (TPSA) is 66.4 Å². The van der Waals surface area contributed by atoms with E-state index in [2.05, 4.69) is 5.32 Å². The van der Waals surface area contributed by atoms with Crippen molar-refractivity contribution in [3.05, 3.63) is 34.4 Å². The normalized spacial score (nSPS) is 17.9. The van der Waals surface area contributed by atoms with E-state index in [0.717, 1.165) is 5.56 Å². The van der Waals surface area contributed by atoms with E-state index in [4.69, 9.17) is 0 Å². The van der Waals surface area contributed by atoms with E-state index in [0.29, 0.717) is 23.0 Å². The maximum Gasteiger partial charge on any atom is 0.336 e. The van der Waals surface area contributed by atoms with Crippen molar-refractivity contribution in [1.82, 2.24) is 5.32 Å². The minimum Gasteiger partial charge on any atom is -0.478 e. The van der Waals surface area contributed by atoms with Gasteiger partial charge in [0.05, 0.1) is 11.1 Å². The van der Waals surface area contributed by atoms with Crippen molar-refractivity contribution in [3.63, 3.8) is 0 Å². The van der Waals surface area contributed by atoms with E-state index in [1.54, 1.807) is 19.9 Å². The highest BCUT2D eigenvalue weighted by Crippen LogP contribution is 2.44. The zero-order chi connectivity index (χ0) is 15.1. The van der Waals surface area contributed by atoms with Gasteiger partial charge in [-0.25, -0.2) is 4.79 Å². The molecule has 1 amide bonds. The summed E-state index contributed by atoms with van der Waals surface area (Å²) in [5.41, 5.74) is 1.82. The second-order valence-electron chi connectivity index (χ2n) is 6.43. The monoisotopic (exact) mass is 287 g/mol. The van der Waals surface area contributed by atoms with Crippen molar-refractivity contribution in [3.8, 4) is 0 Å². The number of carbonyl (C=O) groups excluding carboxylic acids is 1. The molecule has 2 fully saturated rings. The van der Waals surface area contributed by atoms with Crippen LogP contribution in [0.5, 0.6) is 0 Å². The van der Waals surface area contributed by atoms with Crippen LogP contribution in [-0.4, -0.2) is 23.0 Å². The van der Waals surface area contributed by atoms with Crippen LogP contribution in [-0.2, 0) is 0 Å². The van der Waals surface area contributed by atoms with Gasteiger partial charge in [0.1, 0.15) is 0 Å². The summed E-state index contributed by atoms with van der Waals surface area (Å²) in [5.74, 6) is -0.0622. The van der Waals surface area contributed by atoms with Crippen LogP contribution < -0.4 is 5.32 Å². The number of benzene rings is 1. The van der Waals surface area contributed by atoms with E-state index in [1.807, 2.05) is 6.07 Å². The lowest BCUT2D eigenvalue weighted by Gasteiger charge is -2.20. The van der Waals surface area contributed by atoms with Crippen molar-refractivity contribution in [1.29, 1.82) is 0 Å². The van der Waals surface area contributed by atoms with E-state index < -0.39 is 5.97 Å². The lowest BCUT2D eigenvalue weighted by Crippen LogP contribution is -2.39. The highest BCUT2D eigenvalue weighted by molar-refractivity contribution is 6.06. The van der Waals surface area contributed by atoms with Gasteiger partial charge in [0, 0.05) is 6.04 Å². The summed E-state index contributed by atoms with van der Waals surface area (Å²) in [6.07, 6.45) is 4.72. The first-order valence-electron chi connectivity index (χ1n) is 7.63. The Morgan fingerprint density at radius 3 is 1.95 bits per heavy atom. The van der Waals surface area contributed by atoms with Crippen LogP contribution in [0.2, 0.25) is 0 Å². The molecule has 4 heteroatoms. The number of aryl methyl sites for hydroxylation is 2. The Balaban J connectivity index is 1.89. The molecule has 112 valence electrons. The summed E-state index contributed by atoms with van der Waals surface area (Å²) in [5, 5.41) is 12.5. The van der Waals surface area contributed by atoms with Crippen molar-refractivity contribution in [2.45, 2.75) is 45.6 Å². The van der Waals surface area contributed by atoms with E-state index in [1.165, 1.54) is 25.7 Å². The number of carboxylic acid groups (broad SMARTS) is 1. The molecule has 0 saturated heterocycles. The van der Waals surface area contributed by atoms with Gasteiger partial charge in [-0.05, 0) is 62.5 Å². The number of amides is 1. The van der Waals surface area contributed by atoms with Crippen molar-refractivity contribution >= 4 is 11.9 Å². The first-order chi connectivity index (χ1) is 9.99. The average molecular weight is 287 g/mol. The van der Waals surface area contributed by atoms with Crippen LogP contribution in [0.25, 0.3) is 0 Å². The summed E-state index contributed by atoms with van der Waals surface area (Å²) < 4.78 is 0. The van der Waals surface area contributed by atoms with Crippen molar-refractivity contribution in [2.24, 2.45) is 11.8 Å². The molecule has 0 atom stereocenters. The molecule has 0 bridgehead atoms. The molecular formula is C17H21NO3. The fourth-order valence-corrected chi connectivity index (χ4v) is 3.13. The summed E-state index contributed by atoms with van der Waals surface area (Å²) in [6, 6.07) is 3.81. The molecule has 0 radical (unpaired) electrons. The number of hydrogen-bond acceptors (Lipinski definition) is 2. The molecule has 21 heavy (non-hydrogen) atoms. The summed E-state index contributed by atoms with van der Waals surface area (Å²) in [6.45, 7) is 3.53. The highest BCUT2D eigenvalue weighted by Gasteiger charge is 2.42. The van der Waals surface area contributed by atoms with E-state index >= 15 is 0 Å². The van der Waals surface area contributed by atoms with Crippen LogP contribution in [0.1, 0.15) is 57.5 Å².